The topological polar surface area (TPSA) is 160 Å². The van der Waals surface area contributed by atoms with Crippen LogP contribution in [-0.4, -0.2) is 62.2 Å². The van der Waals surface area contributed by atoms with Crippen LogP contribution in [0.5, 0.6) is 0 Å². The molecule has 3 atom stereocenters. The van der Waals surface area contributed by atoms with Crippen molar-refractivity contribution in [3.05, 3.63) is 41.4 Å². The van der Waals surface area contributed by atoms with Crippen molar-refractivity contribution in [2.75, 3.05) is 11.9 Å². The lowest BCUT2D eigenvalue weighted by Gasteiger charge is -2.35. The lowest BCUT2D eigenvalue weighted by atomic mass is 10.0. The number of quaternary nitrogens is 1. The highest BCUT2D eigenvalue weighted by molar-refractivity contribution is 5.97. The van der Waals surface area contributed by atoms with Gasteiger partial charge in [0, 0.05) is 5.69 Å². The Balaban J connectivity index is 2.38. The molecule has 1 aliphatic rings. The molecule has 14 heteroatoms. The van der Waals surface area contributed by atoms with E-state index < -0.39 is 75.9 Å². The number of anilines is 1. The van der Waals surface area contributed by atoms with E-state index >= 15 is 0 Å². The van der Waals surface area contributed by atoms with Crippen molar-refractivity contribution < 1.29 is 51.9 Å². The summed E-state index contributed by atoms with van der Waals surface area (Å²) in [6.07, 6.45) is -4.77. The molecule has 0 spiro atoms. The van der Waals surface area contributed by atoms with Crippen molar-refractivity contribution in [3.8, 4) is 6.07 Å². The highest BCUT2D eigenvalue weighted by atomic mass is 19.4. The minimum Gasteiger partial charge on any atom is -0.481 e. The molecule has 2 rings (SSSR count). The molecule has 1 heterocycles. The maximum atomic E-state index is 13.8. The molecule has 0 radical (unpaired) electrons. The van der Waals surface area contributed by atoms with Gasteiger partial charge in [0.25, 0.3) is 5.91 Å². The third kappa shape index (κ3) is 5.70. The molecule has 1 aromatic carbocycles. The number of allylic oxidation sites excluding steroid dienone is 1. The first kappa shape index (κ1) is 25.4. The number of hydrogen-bond donors (Lipinski definition) is 4. The van der Waals surface area contributed by atoms with Crippen LogP contribution in [0.4, 0.5) is 23.2 Å². The molecule has 176 valence electrons. The Kier molecular flexibility index (Phi) is 6.91. The molecule has 1 aromatic rings. The summed E-state index contributed by atoms with van der Waals surface area (Å²) in [5.74, 6) is -5.64. The van der Waals surface area contributed by atoms with Crippen molar-refractivity contribution in [1.29, 1.82) is 5.26 Å². The predicted molar refractivity (Wildman–Crippen MR) is 102 cm³/mol. The van der Waals surface area contributed by atoms with Crippen LogP contribution in [0.15, 0.2) is 35.3 Å². The van der Waals surface area contributed by atoms with Gasteiger partial charge in [-0.3, -0.25) is 9.59 Å². The largest absolute Gasteiger partial charge is 0.481 e. The summed E-state index contributed by atoms with van der Waals surface area (Å²) < 4.78 is 51.9. The second-order valence-electron chi connectivity index (χ2n) is 7.35. The van der Waals surface area contributed by atoms with Gasteiger partial charge < -0.3 is 20.6 Å². The highest BCUT2D eigenvalue weighted by Crippen LogP contribution is 2.34. The van der Waals surface area contributed by atoms with E-state index in [1.807, 2.05) is 5.32 Å². The number of halogens is 4. The summed E-state index contributed by atoms with van der Waals surface area (Å²) in [6, 6.07) is 1.68. The van der Waals surface area contributed by atoms with Gasteiger partial charge in [0.15, 0.2) is 11.8 Å². The van der Waals surface area contributed by atoms with Crippen molar-refractivity contribution in [3.63, 3.8) is 0 Å². The minimum atomic E-state index is -4.91. The lowest BCUT2D eigenvalue weighted by Crippen LogP contribution is -2.60. The van der Waals surface area contributed by atoms with Gasteiger partial charge in [0.05, 0.1) is 17.2 Å². The van der Waals surface area contributed by atoms with Crippen LogP contribution in [0.2, 0.25) is 0 Å². The summed E-state index contributed by atoms with van der Waals surface area (Å²) >= 11 is 0. The maximum absolute atomic E-state index is 13.8. The van der Waals surface area contributed by atoms with Crippen LogP contribution >= 0.6 is 0 Å². The number of carbonyl (C=O) groups is 3. The Morgan fingerprint density at radius 2 is 1.91 bits per heavy atom. The quantitative estimate of drug-likeness (QED) is 0.331. The van der Waals surface area contributed by atoms with E-state index in [9.17, 15) is 42.2 Å². The number of nitriles is 1. The molecule has 1 amide bonds. The van der Waals surface area contributed by atoms with Gasteiger partial charge in [-0.15, -0.1) is 0 Å². The number of alkyl halides is 3. The van der Waals surface area contributed by atoms with Gasteiger partial charge in [0.2, 0.25) is 11.9 Å². The van der Waals surface area contributed by atoms with E-state index in [0.29, 0.717) is 18.5 Å². The molecule has 33 heavy (non-hydrogen) atoms. The molecular weight excluding hydrogens is 456 g/mol. The molecule has 0 aromatic heterocycles. The average molecular weight is 473 g/mol. The molecule has 0 bridgehead atoms. The molecule has 3 unspecified atom stereocenters. The first-order chi connectivity index (χ1) is 15.1. The Morgan fingerprint density at radius 1 is 1.27 bits per heavy atom. The second-order valence-corrected chi connectivity index (χ2v) is 7.35. The number of nitrogens with one attached hydrogen (secondary N) is 1. The summed E-state index contributed by atoms with van der Waals surface area (Å²) in [5, 5.41) is 43.6. The first-order valence-electron chi connectivity index (χ1n) is 9.02. The van der Waals surface area contributed by atoms with E-state index in [-0.39, 0.29) is 0 Å². The zero-order valence-corrected chi connectivity index (χ0v) is 16.8. The fourth-order valence-electron chi connectivity index (χ4n) is 3.20. The van der Waals surface area contributed by atoms with Gasteiger partial charge in [-0.05, 0) is 25.1 Å². The second kappa shape index (κ2) is 8.96. The Bertz CT molecular complexity index is 1090. The van der Waals surface area contributed by atoms with Crippen molar-refractivity contribution in [2.24, 2.45) is 5.10 Å². The molecular formula is C19H17F4N4O6+. The third-order valence-electron chi connectivity index (χ3n) is 4.69. The van der Waals surface area contributed by atoms with Crippen molar-refractivity contribution >= 4 is 29.7 Å². The van der Waals surface area contributed by atoms with E-state index in [0.717, 1.165) is 19.1 Å². The number of benzene rings is 1. The van der Waals surface area contributed by atoms with Crippen LogP contribution in [0.3, 0.4) is 0 Å². The number of rotatable bonds is 8. The van der Waals surface area contributed by atoms with Crippen LogP contribution in [0.25, 0.3) is 0 Å². The summed E-state index contributed by atoms with van der Waals surface area (Å²) in [7, 11) is 0. The molecule has 0 saturated carbocycles. The van der Waals surface area contributed by atoms with Gasteiger partial charge in [0.1, 0.15) is 19.2 Å². The lowest BCUT2D eigenvalue weighted by molar-refractivity contribution is -0.904. The van der Waals surface area contributed by atoms with E-state index in [2.05, 4.69) is 5.10 Å². The summed E-state index contributed by atoms with van der Waals surface area (Å²) in [4.78, 5) is 35.4. The number of hydrogen-bond acceptors (Lipinski definition) is 6. The zero-order chi connectivity index (χ0) is 25.2. The predicted octanol–water partition coefficient (Wildman–Crippen LogP) is 1.82. The minimum absolute atomic E-state index is 0.440. The van der Waals surface area contributed by atoms with Crippen LogP contribution < -0.4 is 5.32 Å². The van der Waals surface area contributed by atoms with E-state index in [4.69, 9.17) is 10.4 Å². The molecule has 0 aliphatic carbocycles. The van der Waals surface area contributed by atoms with Gasteiger partial charge in [-0.1, -0.05) is 5.10 Å². The van der Waals surface area contributed by atoms with Crippen molar-refractivity contribution in [1.82, 2.24) is 0 Å². The van der Waals surface area contributed by atoms with Gasteiger partial charge >= 0.3 is 18.1 Å². The number of carboxylic acid groups (broad SMARTS) is 2. The fourth-order valence-corrected chi connectivity index (χ4v) is 3.20. The smallest absolute Gasteiger partial charge is 0.417 e. The molecule has 1 aliphatic heterocycles. The Morgan fingerprint density at radius 3 is 2.36 bits per heavy atom. The number of nitrogens with zero attached hydrogens (tertiary/aromatic N) is 3. The maximum Gasteiger partial charge on any atom is 0.417 e. The zero-order valence-electron chi connectivity index (χ0n) is 16.8. The fraction of sp³-hybridized carbons (Fsp3) is 0.316. The number of amides is 1. The van der Waals surface area contributed by atoms with E-state index in [1.54, 1.807) is 0 Å². The highest BCUT2D eigenvalue weighted by Gasteiger charge is 2.52. The Hall–Kier alpha value is -3.83. The number of aliphatic carboxylic acids is 2. The van der Waals surface area contributed by atoms with Gasteiger partial charge in [-0.25, -0.2) is 4.79 Å². The van der Waals surface area contributed by atoms with Crippen LogP contribution in [0.1, 0.15) is 24.5 Å². The standard InChI is InChI=1S/C19H16F4N4O6/c1-18(33,9-27(8-11(20)7-25-27)14(16(30)31)5-15(28)29)17(32)26-12-3-2-10(6-24)13(4-12)19(21,22)23/h2-4,7-8,14,33H,5,9H2,1H3,(H2-,26,28,29,30,31,32)/p+1. The third-order valence-corrected chi connectivity index (χ3v) is 4.69. The van der Waals surface area contributed by atoms with Crippen molar-refractivity contribution in [2.45, 2.75) is 31.2 Å². The number of carbonyl (C=O) groups excluding carboxylic acids is 1. The molecule has 10 nitrogen and oxygen atoms in total. The molecule has 0 saturated heterocycles. The van der Waals surface area contributed by atoms with Gasteiger partial charge in [-0.2, -0.15) is 27.4 Å². The summed E-state index contributed by atoms with van der Waals surface area (Å²) in [5.41, 5.74) is -5.05. The molecule has 0 fully saturated rings. The number of carboxylic acids is 2. The summed E-state index contributed by atoms with van der Waals surface area (Å²) in [6.45, 7) is -0.0919. The molecule has 4 N–H and O–H groups in total. The van der Waals surface area contributed by atoms with Crippen LogP contribution in [0, 0.1) is 11.3 Å². The number of aliphatic hydroxyl groups is 1. The monoisotopic (exact) mass is 473 g/mol. The average Bonchev–Trinajstić information content (AvgIpc) is 3.05. The normalized spacial score (nSPS) is 20.3. The Labute approximate surface area is 183 Å². The first-order valence-corrected chi connectivity index (χ1v) is 9.02. The van der Waals surface area contributed by atoms with E-state index in [1.165, 1.54) is 6.07 Å². The SMILES string of the molecule is CC(O)(C[N+]1(C(CC(=O)O)C(=O)O)C=C(F)C=N1)C(=O)Nc1ccc(C#N)c(C(F)(F)F)c1. The van der Waals surface area contributed by atoms with Crippen LogP contribution in [-0.2, 0) is 20.6 Å².